The summed E-state index contributed by atoms with van der Waals surface area (Å²) in [7, 11) is 8.43. The maximum absolute atomic E-state index is 12.8. The van der Waals surface area contributed by atoms with Crippen LogP contribution in [0.15, 0.2) is 24.3 Å². The van der Waals surface area contributed by atoms with Gasteiger partial charge in [0.25, 0.3) is 0 Å². The van der Waals surface area contributed by atoms with Crippen molar-refractivity contribution in [1.29, 1.82) is 0 Å². The van der Waals surface area contributed by atoms with Gasteiger partial charge in [-0.1, -0.05) is 12.1 Å². The van der Waals surface area contributed by atoms with Crippen LogP contribution in [0.1, 0.15) is 51.4 Å². The molecule has 0 aliphatic heterocycles. The molecule has 2 aliphatic rings. The fourth-order valence-corrected chi connectivity index (χ4v) is 4.88. The number of benzene rings is 1. The van der Waals surface area contributed by atoms with Crippen LogP contribution in [-0.2, 0) is 9.59 Å². The van der Waals surface area contributed by atoms with Gasteiger partial charge in [-0.3, -0.25) is 9.59 Å². The molecule has 3 rings (SSSR count). The summed E-state index contributed by atoms with van der Waals surface area (Å²) >= 11 is 0. The van der Waals surface area contributed by atoms with Crippen LogP contribution < -0.4 is 10.6 Å². The zero-order chi connectivity index (χ0) is 21.7. The highest BCUT2D eigenvalue weighted by atomic mass is 16.2. The van der Waals surface area contributed by atoms with E-state index in [1.54, 1.807) is 0 Å². The van der Waals surface area contributed by atoms with Gasteiger partial charge in [0.05, 0.1) is 11.4 Å². The number of hydrogen-bond acceptors (Lipinski definition) is 4. The summed E-state index contributed by atoms with van der Waals surface area (Å²) in [6.07, 6.45) is 7.88. The fraction of sp³-hybridized carbons (Fsp3) is 0.667. The van der Waals surface area contributed by atoms with Crippen LogP contribution in [-0.4, -0.2) is 61.9 Å². The van der Waals surface area contributed by atoms with Gasteiger partial charge in [-0.15, -0.1) is 0 Å². The smallest absolute Gasteiger partial charge is 0.227 e. The Kier molecular flexibility index (Phi) is 7.89. The van der Waals surface area contributed by atoms with Gasteiger partial charge in [0.2, 0.25) is 11.8 Å². The van der Waals surface area contributed by atoms with Crippen molar-refractivity contribution in [1.82, 2.24) is 9.80 Å². The number of anilines is 2. The number of carbonyl (C=O) groups excluding carboxylic acids is 2. The predicted octanol–water partition coefficient (Wildman–Crippen LogP) is 3.80. The summed E-state index contributed by atoms with van der Waals surface area (Å²) in [5, 5.41) is 6.16. The third-order valence-corrected chi connectivity index (χ3v) is 7.04. The van der Waals surface area contributed by atoms with Crippen molar-refractivity contribution in [2.75, 3.05) is 38.8 Å². The topological polar surface area (TPSA) is 64.7 Å². The molecule has 1 aromatic rings. The summed E-state index contributed by atoms with van der Waals surface area (Å²) in [5.74, 6) is 0.235. The molecule has 0 saturated heterocycles. The fourth-order valence-electron chi connectivity index (χ4n) is 4.88. The molecular weight excluding hydrogens is 376 g/mol. The van der Waals surface area contributed by atoms with Gasteiger partial charge < -0.3 is 20.4 Å². The molecule has 6 heteroatoms. The van der Waals surface area contributed by atoms with Gasteiger partial charge in [0, 0.05) is 23.9 Å². The molecule has 2 N–H and O–H groups in total. The Balaban J connectivity index is 1.56. The number of para-hydroxylation sites is 2. The Morgan fingerprint density at radius 2 is 1.00 bits per heavy atom. The molecule has 2 saturated carbocycles. The van der Waals surface area contributed by atoms with Crippen molar-refractivity contribution >= 4 is 23.2 Å². The van der Waals surface area contributed by atoms with Crippen molar-refractivity contribution < 1.29 is 9.59 Å². The molecule has 0 heterocycles. The molecule has 2 aliphatic carbocycles. The number of hydrogen-bond donors (Lipinski definition) is 2. The molecule has 30 heavy (non-hydrogen) atoms. The van der Waals surface area contributed by atoms with E-state index in [2.05, 4.69) is 48.6 Å². The standard InChI is InChI=1S/C24H38N4O2/c1-27(2)19-13-9-17(10-14-19)23(29)25-21-7-5-6-8-22(21)26-24(30)18-11-15-20(16-12-18)28(3)4/h5-8,17-20H,9-16H2,1-4H3,(H,25,29)(H,26,30). The molecule has 0 bridgehead atoms. The maximum Gasteiger partial charge on any atom is 0.227 e. The van der Waals surface area contributed by atoms with Crippen molar-refractivity contribution in [2.45, 2.75) is 63.5 Å². The van der Waals surface area contributed by atoms with Crippen LogP contribution in [0.25, 0.3) is 0 Å². The SMILES string of the molecule is CN(C)C1CCC(C(=O)Nc2ccccc2NC(=O)C2CCC(N(C)C)CC2)CC1. The first-order valence-corrected chi connectivity index (χ1v) is 11.4. The molecule has 0 aromatic heterocycles. The summed E-state index contributed by atoms with van der Waals surface area (Å²) in [6.45, 7) is 0. The lowest BCUT2D eigenvalue weighted by Gasteiger charge is -2.32. The Morgan fingerprint density at radius 3 is 1.30 bits per heavy atom. The van der Waals surface area contributed by atoms with Crippen molar-refractivity contribution in [2.24, 2.45) is 11.8 Å². The summed E-state index contributed by atoms with van der Waals surface area (Å²) in [5.41, 5.74) is 1.40. The maximum atomic E-state index is 12.8. The normalized spacial score (nSPS) is 27.1. The summed E-state index contributed by atoms with van der Waals surface area (Å²) in [4.78, 5) is 30.2. The van der Waals surface area contributed by atoms with E-state index < -0.39 is 0 Å². The van der Waals surface area contributed by atoms with E-state index in [0.29, 0.717) is 23.5 Å². The number of nitrogens with one attached hydrogen (secondary N) is 2. The Hall–Kier alpha value is -1.92. The van der Waals surface area contributed by atoms with Crippen LogP contribution >= 0.6 is 0 Å². The molecule has 166 valence electrons. The van der Waals surface area contributed by atoms with Crippen molar-refractivity contribution in [3.05, 3.63) is 24.3 Å². The second kappa shape index (κ2) is 10.4. The Bertz CT molecular complexity index is 657. The van der Waals surface area contributed by atoms with E-state index in [1.807, 2.05) is 24.3 Å². The average molecular weight is 415 g/mol. The highest BCUT2D eigenvalue weighted by Gasteiger charge is 2.29. The van der Waals surface area contributed by atoms with E-state index >= 15 is 0 Å². The third kappa shape index (κ3) is 5.82. The molecule has 6 nitrogen and oxygen atoms in total. The van der Waals surface area contributed by atoms with Crippen LogP contribution in [0.5, 0.6) is 0 Å². The van der Waals surface area contributed by atoms with Gasteiger partial charge in [-0.25, -0.2) is 0 Å². The Morgan fingerprint density at radius 1 is 0.667 bits per heavy atom. The molecular formula is C24H38N4O2. The van der Waals surface area contributed by atoms with Crippen LogP contribution in [0.3, 0.4) is 0 Å². The molecule has 1 aromatic carbocycles. The van der Waals surface area contributed by atoms with E-state index in [0.717, 1.165) is 51.4 Å². The summed E-state index contributed by atoms with van der Waals surface area (Å²) in [6, 6.07) is 8.70. The molecule has 2 fully saturated rings. The number of amides is 2. The van der Waals surface area contributed by atoms with Crippen molar-refractivity contribution in [3.63, 3.8) is 0 Å². The lowest BCUT2D eigenvalue weighted by atomic mass is 9.85. The minimum atomic E-state index is 0.0475. The second-order valence-electron chi connectivity index (χ2n) is 9.46. The van der Waals surface area contributed by atoms with E-state index in [-0.39, 0.29) is 23.7 Å². The lowest BCUT2D eigenvalue weighted by molar-refractivity contribution is -0.122. The molecule has 0 radical (unpaired) electrons. The second-order valence-corrected chi connectivity index (χ2v) is 9.46. The van der Waals surface area contributed by atoms with E-state index in [4.69, 9.17) is 0 Å². The largest absolute Gasteiger partial charge is 0.324 e. The zero-order valence-corrected chi connectivity index (χ0v) is 19.0. The summed E-state index contributed by atoms with van der Waals surface area (Å²) < 4.78 is 0. The molecule has 0 unspecified atom stereocenters. The van der Waals surface area contributed by atoms with Gasteiger partial charge in [0.1, 0.15) is 0 Å². The van der Waals surface area contributed by atoms with Gasteiger partial charge in [-0.2, -0.15) is 0 Å². The molecule has 0 spiro atoms. The third-order valence-electron chi connectivity index (χ3n) is 7.04. The molecule has 2 amide bonds. The van der Waals surface area contributed by atoms with Crippen LogP contribution in [0, 0.1) is 11.8 Å². The van der Waals surface area contributed by atoms with Crippen LogP contribution in [0.4, 0.5) is 11.4 Å². The van der Waals surface area contributed by atoms with Gasteiger partial charge in [-0.05, 0) is 91.7 Å². The average Bonchev–Trinajstić information content (AvgIpc) is 2.75. The lowest BCUT2D eigenvalue weighted by Crippen LogP contribution is -2.36. The Labute approximate surface area is 181 Å². The minimum Gasteiger partial charge on any atom is -0.324 e. The molecule has 0 atom stereocenters. The van der Waals surface area contributed by atoms with E-state index in [9.17, 15) is 9.59 Å². The first-order valence-electron chi connectivity index (χ1n) is 11.4. The van der Waals surface area contributed by atoms with Gasteiger partial charge in [0.15, 0.2) is 0 Å². The highest BCUT2D eigenvalue weighted by molar-refractivity contribution is 6.00. The number of nitrogens with zero attached hydrogens (tertiary/aromatic N) is 2. The van der Waals surface area contributed by atoms with E-state index in [1.165, 1.54) is 0 Å². The zero-order valence-electron chi connectivity index (χ0n) is 19.0. The first kappa shape index (κ1) is 22.8. The monoisotopic (exact) mass is 414 g/mol. The predicted molar refractivity (Wildman–Crippen MR) is 123 cm³/mol. The highest BCUT2D eigenvalue weighted by Crippen LogP contribution is 2.31. The minimum absolute atomic E-state index is 0.0475. The quantitative estimate of drug-likeness (QED) is 0.743. The van der Waals surface area contributed by atoms with Crippen LogP contribution in [0.2, 0.25) is 0 Å². The van der Waals surface area contributed by atoms with Crippen molar-refractivity contribution in [3.8, 4) is 0 Å². The number of carbonyl (C=O) groups is 2. The number of rotatable bonds is 6. The first-order chi connectivity index (χ1) is 14.3. The van der Waals surface area contributed by atoms with Gasteiger partial charge >= 0.3 is 0 Å².